The van der Waals surface area contributed by atoms with Crippen molar-refractivity contribution in [2.75, 3.05) is 132 Å². The molecule has 0 aliphatic carbocycles. The van der Waals surface area contributed by atoms with Crippen molar-refractivity contribution in [3.05, 3.63) is 46.3 Å². The number of nitrogens with one attached hydrogen (secondary N) is 1. The number of benzene rings is 1. The van der Waals surface area contributed by atoms with Crippen LogP contribution in [0.4, 0.5) is 0 Å². The first kappa shape index (κ1) is 108. The Morgan fingerprint density at radius 3 is 0.838 bits per heavy atom. The fourth-order valence-electron chi connectivity index (χ4n) is 16.0. The summed E-state index contributed by atoms with van der Waals surface area (Å²) in [5.74, 6) is -9.39. The van der Waals surface area contributed by atoms with Gasteiger partial charge in [0.2, 0.25) is 12.2 Å². The molecule has 51 heteroatoms. The fraction of sp³-hybridized carbons (Fsp3) is 0.797. The first-order chi connectivity index (χ1) is 61.9. The maximum Gasteiger partial charge on any atom is 0.338 e. The van der Waals surface area contributed by atoms with E-state index in [0.29, 0.717) is 0 Å². The van der Waals surface area contributed by atoms with Crippen LogP contribution in [0.25, 0.3) is 10.4 Å². The van der Waals surface area contributed by atoms with Crippen LogP contribution in [-0.2, 0) is 204 Å². The molecule has 130 heavy (non-hydrogen) atoms. The third kappa shape index (κ3) is 28.2. The molecule has 7 aliphatic heterocycles. The molecule has 7 heterocycles. The van der Waals surface area contributed by atoms with E-state index in [4.69, 9.17) is 206 Å². The summed E-state index contributed by atoms with van der Waals surface area (Å²) < 4.78 is 215. The Morgan fingerprint density at radius 1 is 0.315 bits per heavy atom. The van der Waals surface area contributed by atoms with E-state index in [1.165, 1.54) is 97.5 Å². The molecule has 0 spiro atoms. The number of methoxy groups -OCH3 is 12. The third-order valence-corrected chi connectivity index (χ3v) is 21.8. The van der Waals surface area contributed by atoms with Crippen LogP contribution in [-0.4, -0.2) is 410 Å². The lowest BCUT2D eigenvalue weighted by Gasteiger charge is -2.52. The van der Waals surface area contributed by atoms with E-state index < -0.39 is 305 Å². The van der Waals surface area contributed by atoms with Crippen LogP contribution in [0.3, 0.4) is 0 Å². The van der Waals surface area contributed by atoms with E-state index in [-0.39, 0.29) is 25.4 Å². The molecule has 48 nitrogen and oxygen atoms in total. The minimum Gasteiger partial charge on any atom is -0.463 e. The highest BCUT2D eigenvalue weighted by molar-refractivity contribution is 6.76. The summed E-state index contributed by atoms with van der Waals surface area (Å²) in [7, 11) is 16.1. The lowest BCUT2D eigenvalue weighted by molar-refractivity contribution is -0.402. The van der Waals surface area contributed by atoms with Gasteiger partial charge in [-0.2, -0.15) is 0 Å². The number of halogens is 3. The highest BCUT2D eigenvalue weighted by Gasteiger charge is 2.63. The summed E-state index contributed by atoms with van der Waals surface area (Å²) in [6.45, 7) is 4.65. The van der Waals surface area contributed by atoms with Gasteiger partial charge in [0.25, 0.3) is 3.79 Å². The summed E-state index contributed by atoms with van der Waals surface area (Å²) in [6, 6.07) is 6.33. The van der Waals surface area contributed by atoms with Gasteiger partial charge in [0, 0.05) is 146 Å². The average molecular weight is 1930 g/mol. The second-order valence-corrected chi connectivity index (χ2v) is 32.2. The number of carbonyl (C=O) groups excluding carboxylic acids is 9. The average Bonchev–Trinajstić information content (AvgIpc) is 0.759. The second kappa shape index (κ2) is 51.7. The van der Waals surface area contributed by atoms with Gasteiger partial charge in [-0.3, -0.25) is 43.8 Å². The summed E-state index contributed by atoms with van der Waals surface area (Å²) in [6.07, 6.45) is -51.3. The Bertz CT molecular complexity index is 3860. The Morgan fingerprint density at radius 2 is 0.562 bits per heavy atom. The van der Waals surface area contributed by atoms with Gasteiger partial charge >= 0.3 is 53.7 Å². The molecule has 0 amide bonds. The monoisotopic (exact) mass is 1930 g/mol. The molecule has 14 unspecified atom stereocenters. The van der Waals surface area contributed by atoms with Crippen molar-refractivity contribution in [1.82, 2.24) is 0 Å². The zero-order valence-electron chi connectivity index (χ0n) is 75.0. The van der Waals surface area contributed by atoms with E-state index in [1.54, 1.807) is 18.2 Å². The topological polar surface area (TPSA) is 549 Å². The first-order valence-corrected chi connectivity index (χ1v) is 41.7. The molecule has 1 aromatic rings. The number of rotatable bonds is 43. The zero-order valence-corrected chi connectivity index (χ0v) is 77.3. The SMILES string of the molecule is COCC1O[C@@H](O[C@H]2C(OC)C(OC)[C@@H](O[C@H]3C(OC)C(OC)[C@H](O[C@@H]4C(COC(C)=O)O[C@@H](OC(=N)C(Cl)(Cl)Cl)C(N=[N+]=[N-])[C@H]4OC)O[C@H]3COC)O[C@H]2COC)C(OC)[C@@H](OC)[C@@H]1O[C@@H]1OC(COC(=O)c2ccccc2)[C@@H](O[C@@H]2O[C@@H](COC(C)=O)[C@@H](O[C@H]3O[C@@H](COC(C)=O)[C@@H](OC(C)=O)C(OC(C)=O)C3OC(C)=O)C(OC(C)=O)C2OC(C)=O)[C@H](OC)C1OC. The minimum atomic E-state index is -2.40. The van der Waals surface area contributed by atoms with E-state index in [0.717, 1.165) is 55.4 Å². The maximum absolute atomic E-state index is 14.1. The Hall–Kier alpha value is -6.90. The normalized spacial score (nSPS) is 36.3. The van der Waals surface area contributed by atoms with Crippen LogP contribution < -0.4 is 0 Å². The molecule has 0 aromatic heterocycles. The highest BCUT2D eigenvalue weighted by atomic mass is 35.6. The smallest absolute Gasteiger partial charge is 0.338 e. The van der Waals surface area contributed by atoms with Gasteiger partial charge in [0.15, 0.2) is 68.3 Å². The summed E-state index contributed by atoms with van der Waals surface area (Å²) in [5, 5.41) is 12.1. The number of esters is 9. The predicted octanol–water partition coefficient (Wildman–Crippen LogP) is 1.69. The lowest BCUT2D eigenvalue weighted by Crippen LogP contribution is -2.69. The molecule has 0 radical (unpaired) electrons. The van der Waals surface area contributed by atoms with Gasteiger partial charge in [0.05, 0.1) is 25.4 Å². The van der Waals surface area contributed by atoms with E-state index in [2.05, 4.69) is 10.0 Å². The van der Waals surface area contributed by atoms with Crippen LogP contribution in [0.15, 0.2) is 35.4 Å². The molecule has 1 N–H and O–H groups in total. The van der Waals surface area contributed by atoms with Crippen LogP contribution in [0.2, 0.25) is 0 Å². The van der Waals surface area contributed by atoms with Crippen molar-refractivity contribution in [2.24, 2.45) is 5.11 Å². The molecule has 0 bridgehead atoms. The van der Waals surface area contributed by atoms with Gasteiger partial charge < -0.3 is 166 Å². The number of hydrogen-bond donors (Lipinski definition) is 1. The van der Waals surface area contributed by atoms with Crippen LogP contribution in [0.5, 0.6) is 0 Å². The first-order valence-electron chi connectivity index (χ1n) is 40.5. The number of carbonyl (C=O) groups is 9. The number of azide groups is 1. The van der Waals surface area contributed by atoms with Crippen molar-refractivity contribution in [3.8, 4) is 0 Å². The molecular formula is C79H115Cl3N4O44. The third-order valence-electron chi connectivity index (χ3n) is 21.3. The standard InChI is InChI=1S/C79H115Cl3N4O44/c1-33(87)108-29-45-50(57(99-12)49(85-86-84)71(117-45)130-78(83)79(80,81)82)124-72-64(104-17)58(100-13)51(42(118-72)26-96-9)125-73-65(105-18)59(101-14)52(43(119-73)27-97-10)126-74-66(106-19)60(102-15)53(44(120-74)28-98-11)127-75-67(107-20)61(103-16)54(48(121-75)32-111-70(95)41-24-22-21-23-25-41)128-76-69(116-40(8)94)63(114-38(6)92)56(47(123-76)31-110-35(3)89)129-77-68(115-39(7)93)62(113-37(5)91)55(112-36(4)90)46(122-77)30-109-34(2)88/h21-25,42-69,71-77,83H,26-32H2,1-20H3/t42-,43-,44?,45?,46-,47-,48?,49?,50+,51+,52+,53+,54+,55+,56+,57+,58?,59?,60-,61-,62?,63?,64?,65?,66?,67?,68?,69?,71-,72-,73+,74-,75-,76-,77+/m0/s1. The van der Waals surface area contributed by atoms with Crippen molar-refractivity contribution in [1.29, 1.82) is 5.41 Å². The van der Waals surface area contributed by atoms with Crippen LogP contribution in [0, 0.1) is 5.41 Å². The van der Waals surface area contributed by atoms with Gasteiger partial charge in [-0.1, -0.05) is 58.1 Å². The van der Waals surface area contributed by atoms with E-state index >= 15 is 0 Å². The molecule has 8 rings (SSSR count). The summed E-state index contributed by atoms with van der Waals surface area (Å²) in [5.41, 5.74) is 9.89. The van der Waals surface area contributed by atoms with Crippen molar-refractivity contribution in [2.45, 2.75) is 274 Å². The van der Waals surface area contributed by atoms with Gasteiger partial charge in [-0.25, -0.2) is 4.79 Å². The predicted molar refractivity (Wildman–Crippen MR) is 429 cm³/mol. The Kier molecular flexibility index (Phi) is 43.1. The van der Waals surface area contributed by atoms with Gasteiger partial charge in [-0.15, -0.1) is 0 Å². The number of ether oxygens (including phenoxy) is 35. The molecule has 35 atom stereocenters. The van der Waals surface area contributed by atoms with E-state index in [1.807, 2.05) is 0 Å². The molecule has 1 aromatic carbocycles. The molecule has 7 saturated heterocycles. The summed E-state index contributed by atoms with van der Waals surface area (Å²) in [4.78, 5) is 121. The van der Waals surface area contributed by atoms with Crippen molar-refractivity contribution in [3.63, 3.8) is 0 Å². The Labute approximate surface area is 762 Å². The molecular weight excluding hydrogens is 1820 g/mol. The molecule has 7 aliphatic rings. The zero-order chi connectivity index (χ0) is 95.7. The number of nitrogens with zero attached hydrogens (tertiary/aromatic N) is 3. The molecule has 7 fully saturated rings. The summed E-state index contributed by atoms with van der Waals surface area (Å²) >= 11 is 17.9. The largest absolute Gasteiger partial charge is 0.463 e. The lowest BCUT2D eigenvalue weighted by atomic mass is 9.94. The van der Waals surface area contributed by atoms with Crippen LogP contribution >= 0.6 is 34.8 Å². The van der Waals surface area contributed by atoms with Crippen molar-refractivity contribution >= 4 is 94.4 Å². The molecule has 0 saturated carbocycles. The van der Waals surface area contributed by atoms with Crippen LogP contribution in [0.1, 0.15) is 65.7 Å². The number of alkyl halides is 3. The number of hydrogen-bond acceptors (Lipinski definition) is 46. The highest BCUT2D eigenvalue weighted by Crippen LogP contribution is 2.44. The quantitative estimate of drug-likeness (QED) is 0.0142. The van der Waals surface area contributed by atoms with Gasteiger partial charge in [0.1, 0.15) is 167 Å². The second-order valence-electron chi connectivity index (χ2n) is 30.0. The molecule has 736 valence electrons. The fourth-order valence-corrected chi connectivity index (χ4v) is 16.1. The van der Waals surface area contributed by atoms with E-state index in [9.17, 15) is 48.7 Å². The minimum absolute atomic E-state index is 0.0896. The Balaban J connectivity index is 1.11. The van der Waals surface area contributed by atoms with Crippen molar-refractivity contribution < 1.29 is 209 Å². The van der Waals surface area contributed by atoms with Gasteiger partial charge in [-0.05, 0) is 17.7 Å². The maximum atomic E-state index is 14.1.